The van der Waals surface area contributed by atoms with Crippen LogP contribution in [0.1, 0.15) is 6.42 Å². The van der Waals surface area contributed by atoms with Gasteiger partial charge in [0.25, 0.3) is 0 Å². The van der Waals surface area contributed by atoms with Gasteiger partial charge in [-0.15, -0.1) is 11.8 Å². The van der Waals surface area contributed by atoms with Crippen LogP contribution in [0.3, 0.4) is 0 Å². The lowest BCUT2D eigenvalue weighted by Gasteiger charge is -1.69. The molecule has 10 heavy (non-hydrogen) atoms. The van der Waals surface area contributed by atoms with Gasteiger partial charge >= 0.3 is 0 Å². The molecule has 1 aliphatic rings. The van der Waals surface area contributed by atoms with Crippen molar-refractivity contribution in [2.24, 2.45) is 5.73 Å². The third-order valence-electron chi connectivity index (χ3n) is 0.796. The second kappa shape index (κ2) is 6.42. The number of primary amides is 1. The molecule has 0 saturated heterocycles. The summed E-state index contributed by atoms with van der Waals surface area (Å²) in [6.07, 6.45) is 4.54. The molecule has 56 valence electrons. The fraction of sp³-hybridized carbons (Fsp3) is 0.286. The predicted molar refractivity (Wildman–Crippen MR) is 45.6 cm³/mol. The lowest BCUT2D eigenvalue weighted by Crippen LogP contribution is -2.04. The molecule has 2 N–H and O–H groups in total. The third-order valence-corrected chi connectivity index (χ3v) is 1.65. The normalized spacial score (nSPS) is 13.6. The first-order valence-electron chi connectivity index (χ1n) is 2.96. The first-order chi connectivity index (χ1) is 4.77. The summed E-state index contributed by atoms with van der Waals surface area (Å²) in [5, 5.41) is 2.15. The molecule has 0 bridgehead atoms. The van der Waals surface area contributed by atoms with Gasteiger partial charge < -0.3 is 5.73 Å². The molecule has 1 amide bonds. The largest absolute Gasteiger partial charge is 0.366 e. The highest BCUT2D eigenvalue weighted by Crippen LogP contribution is 2.11. The van der Waals surface area contributed by atoms with Crippen LogP contribution in [-0.2, 0) is 4.79 Å². The molecular formula is C7H11NOS. The maximum Gasteiger partial charge on any atom is 0.240 e. The maximum absolute atomic E-state index is 9.47. The Morgan fingerprint density at radius 2 is 2.40 bits per heavy atom. The van der Waals surface area contributed by atoms with Crippen LogP contribution in [0, 0.1) is 0 Å². The minimum Gasteiger partial charge on any atom is -0.366 e. The van der Waals surface area contributed by atoms with Crippen LogP contribution in [0.15, 0.2) is 24.1 Å². The second-order valence-corrected chi connectivity index (χ2v) is 2.65. The molecular weight excluding hydrogens is 146 g/mol. The predicted octanol–water partition coefficient (Wildman–Crippen LogP) is 1.29. The topological polar surface area (TPSA) is 43.1 Å². The highest BCUT2D eigenvalue weighted by atomic mass is 32.2. The van der Waals surface area contributed by atoms with E-state index >= 15 is 0 Å². The first kappa shape index (κ1) is 9.30. The number of carbonyl (C=O) groups is 1. The van der Waals surface area contributed by atoms with Crippen LogP contribution < -0.4 is 5.73 Å². The summed E-state index contributed by atoms with van der Waals surface area (Å²) in [7, 11) is 0. The van der Waals surface area contributed by atoms with Crippen molar-refractivity contribution >= 4 is 17.7 Å². The molecule has 1 aliphatic heterocycles. The highest BCUT2D eigenvalue weighted by Gasteiger charge is 1.85. The van der Waals surface area contributed by atoms with Gasteiger partial charge in [0.1, 0.15) is 0 Å². The Morgan fingerprint density at radius 1 is 1.80 bits per heavy atom. The van der Waals surface area contributed by atoms with E-state index in [4.69, 9.17) is 0 Å². The molecule has 0 unspecified atom stereocenters. The van der Waals surface area contributed by atoms with E-state index in [0.29, 0.717) is 0 Å². The van der Waals surface area contributed by atoms with E-state index in [-0.39, 0.29) is 0 Å². The van der Waals surface area contributed by atoms with Gasteiger partial charge in [0.2, 0.25) is 5.91 Å². The Bertz CT molecular complexity index is 137. The Morgan fingerprint density at radius 3 is 2.50 bits per heavy atom. The van der Waals surface area contributed by atoms with Crippen LogP contribution in [0.5, 0.6) is 0 Å². The van der Waals surface area contributed by atoms with Crippen LogP contribution in [0.2, 0.25) is 0 Å². The maximum atomic E-state index is 9.47. The van der Waals surface area contributed by atoms with E-state index in [0.717, 1.165) is 6.08 Å². The summed E-state index contributed by atoms with van der Waals surface area (Å²) >= 11 is 1.89. The van der Waals surface area contributed by atoms with Gasteiger partial charge in [0, 0.05) is 5.75 Å². The molecule has 1 rings (SSSR count). The van der Waals surface area contributed by atoms with Crippen LogP contribution in [0.4, 0.5) is 0 Å². The summed E-state index contributed by atoms with van der Waals surface area (Å²) in [6, 6.07) is 0. The number of hydrogen-bond donors (Lipinski definition) is 1. The molecule has 0 atom stereocenters. The van der Waals surface area contributed by atoms with E-state index in [1.807, 2.05) is 11.8 Å². The molecule has 3 heteroatoms. The van der Waals surface area contributed by atoms with Gasteiger partial charge in [0.05, 0.1) is 0 Å². The summed E-state index contributed by atoms with van der Waals surface area (Å²) in [5.41, 5.74) is 4.53. The SMILES string of the molecule is C1=CSCC1.C=CC(N)=O. The van der Waals surface area contributed by atoms with Crippen molar-refractivity contribution in [2.75, 3.05) is 5.75 Å². The number of allylic oxidation sites excluding steroid dienone is 1. The molecule has 0 aromatic rings. The van der Waals surface area contributed by atoms with E-state index in [9.17, 15) is 4.79 Å². The van der Waals surface area contributed by atoms with Crippen LogP contribution in [0.25, 0.3) is 0 Å². The number of thioether (sulfide) groups is 1. The highest BCUT2D eigenvalue weighted by molar-refractivity contribution is 8.02. The fourth-order valence-corrected chi connectivity index (χ4v) is 1.02. The smallest absolute Gasteiger partial charge is 0.240 e. The van der Waals surface area contributed by atoms with Gasteiger partial charge in [-0.3, -0.25) is 4.79 Å². The number of rotatable bonds is 1. The lowest BCUT2D eigenvalue weighted by atomic mass is 10.5. The molecule has 0 fully saturated rings. The van der Waals surface area contributed by atoms with Gasteiger partial charge in [-0.05, 0) is 17.9 Å². The molecule has 2 nitrogen and oxygen atoms in total. The van der Waals surface area contributed by atoms with Gasteiger partial charge in [-0.25, -0.2) is 0 Å². The van der Waals surface area contributed by atoms with Gasteiger partial charge in [-0.2, -0.15) is 0 Å². The van der Waals surface area contributed by atoms with E-state index in [2.05, 4.69) is 23.8 Å². The zero-order chi connectivity index (χ0) is 7.82. The number of carbonyl (C=O) groups excluding carboxylic acids is 1. The number of hydrogen-bond acceptors (Lipinski definition) is 2. The summed E-state index contributed by atoms with van der Waals surface area (Å²) in [6.45, 7) is 3.09. The summed E-state index contributed by atoms with van der Waals surface area (Å²) in [4.78, 5) is 9.47. The number of nitrogens with two attached hydrogens (primary N) is 1. The second-order valence-electron chi connectivity index (χ2n) is 1.64. The van der Waals surface area contributed by atoms with Crippen molar-refractivity contribution in [1.82, 2.24) is 0 Å². The van der Waals surface area contributed by atoms with Crippen molar-refractivity contribution in [1.29, 1.82) is 0 Å². The van der Waals surface area contributed by atoms with Crippen molar-refractivity contribution in [3.8, 4) is 0 Å². The fourth-order valence-electron chi connectivity index (χ4n) is 0.340. The quantitative estimate of drug-likeness (QED) is 0.583. The van der Waals surface area contributed by atoms with Crippen molar-refractivity contribution in [3.05, 3.63) is 24.1 Å². The molecule has 0 aromatic carbocycles. The molecule has 0 spiro atoms. The van der Waals surface area contributed by atoms with Crippen molar-refractivity contribution in [2.45, 2.75) is 6.42 Å². The Kier molecular flexibility index (Phi) is 5.97. The van der Waals surface area contributed by atoms with E-state index in [1.54, 1.807) is 0 Å². The van der Waals surface area contributed by atoms with Gasteiger partial charge in [-0.1, -0.05) is 12.7 Å². The molecule has 0 aromatic heterocycles. The van der Waals surface area contributed by atoms with E-state index in [1.165, 1.54) is 12.2 Å². The standard InChI is InChI=1S/C4H6S.C3H5NO/c1-2-4-5-3-1;1-2-3(4)5/h1,3H,2,4H2;2H,1H2,(H2,4,5). The average Bonchev–Trinajstić information content (AvgIpc) is 2.43. The molecule has 1 heterocycles. The zero-order valence-corrected chi connectivity index (χ0v) is 6.56. The minimum atomic E-state index is -0.481. The van der Waals surface area contributed by atoms with Crippen molar-refractivity contribution in [3.63, 3.8) is 0 Å². The Balaban J connectivity index is 0.000000162. The Hall–Kier alpha value is -0.700. The Labute approximate surface area is 65.2 Å². The third kappa shape index (κ3) is 7.30. The van der Waals surface area contributed by atoms with E-state index < -0.39 is 5.91 Å². The molecule has 0 saturated carbocycles. The molecule has 0 radical (unpaired) electrons. The minimum absolute atomic E-state index is 0.481. The summed E-state index contributed by atoms with van der Waals surface area (Å²) < 4.78 is 0. The zero-order valence-electron chi connectivity index (χ0n) is 5.75. The lowest BCUT2D eigenvalue weighted by molar-refractivity contribution is -0.113. The average molecular weight is 157 g/mol. The first-order valence-corrected chi connectivity index (χ1v) is 4.00. The number of amides is 1. The molecule has 0 aliphatic carbocycles. The summed E-state index contributed by atoms with van der Waals surface area (Å²) in [5.74, 6) is 0.824. The van der Waals surface area contributed by atoms with Crippen LogP contribution >= 0.6 is 11.8 Å². The van der Waals surface area contributed by atoms with Crippen LogP contribution in [-0.4, -0.2) is 11.7 Å². The van der Waals surface area contributed by atoms with Gasteiger partial charge in [0.15, 0.2) is 0 Å². The van der Waals surface area contributed by atoms with Crippen molar-refractivity contribution < 1.29 is 4.79 Å². The monoisotopic (exact) mass is 157 g/mol.